The first kappa shape index (κ1) is 20.2. The topological polar surface area (TPSA) is 57.2 Å². The zero-order valence-electron chi connectivity index (χ0n) is 18.2. The zero-order valence-corrected chi connectivity index (χ0v) is 18.2. The fourth-order valence-corrected chi connectivity index (χ4v) is 3.94. The van der Waals surface area contributed by atoms with Crippen LogP contribution in [0.15, 0.2) is 79.8 Å². The number of benzene rings is 1. The molecule has 1 aliphatic heterocycles. The lowest BCUT2D eigenvalue weighted by Gasteiger charge is -2.33. The average molecular weight is 423 g/mol. The van der Waals surface area contributed by atoms with E-state index in [1.54, 1.807) is 0 Å². The molecule has 4 aromatic rings. The number of likely N-dealkylation sites (N-methyl/N-ethyl adjacent to an activating group) is 1. The Hall–Kier alpha value is -3.77. The van der Waals surface area contributed by atoms with Gasteiger partial charge in [-0.1, -0.05) is 24.8 Å². The largest absolute Gasteiger partial charge is 0.354 e. The van der Waals surface area contributed by atoms with Crippen LogP contribution in [0.2, 0.25) is 0 Å². The van der Waals surface area contributed by atoms with Gasteiger partial charge in [-0.3, -0.25) is 4.98 Å². The van der Waals surface area contributed by atoms with Crippen LogP contribution in [-0.4, -0.2) is 53.1 Å². The second kappa shape index (κ2) is 8.77. The van der Waals surface area contributed by atoms with Gasteiger partial charge in [-0.2, -0.15) is 0 Å². The van der Waals surface area contributed by atoms with Gasteiger partial charge in [-0.25, -0.2) is 9.97 Å². The van der Waals surface area contributed by atoms with E-state index in [0.717, 1.165) is 71.1 Å². The number of rotatable bonds is 5. The van der Waals surface area contributed by atoms with Crippen LogP contribution in [0.4, 0.5) is 11.6 Å². The lowest BCUT2D eigenvalue weighted by molar-refractivity contribution is 0.312. The van der Waals surface area contributed by atoms with Crippen LogP contribution in [0, 0.1) is 0 Å². The van der Waals surface area contributed by atoms with Gasteiger partial charge < -0.3 is 15.1 Å². The standard InChI is InChI=1S/C26H26N6/c1-19(20-8-10-28-26(17-20)32-13-11-31(2)12-14-32)30-25-16-23-15-21(6-7-22(23)18-29-25)24-5-3-4-9-27-24/h3-10,15-18H,1,11-14H2,2H3,(H,29,30). The van der Waals surface area contributed by atoms with Crippen molar-refractivity contribution in [1.29, 1.82) is 0 Å². The van der Waals surface area contributed by atoms with Gasteiger partial charge in [0.05, 0.1) is 5.69 Å². The van der Waals surface area contributed by atoms with Gasteiger partial charge in [0, 0.05) is 67.0 Å². The second-order valence-corrected chi connectivity index (χ2v) is 8.14. The third kappa shape index (κ3) is 4.31. The number of pyridine rings is 3. The van der Waals surface area contributed by atoms with Crippen molar-refractivity contribution in [3.8, 4) is 11.3 Å². The number of fused-ring (bicyclic) bond motifs is 1. The molecule has 5 rings (SSSR count). The molecule has 1 aromatic carbocycles. The first-order valence-corrected chi connectivity index (χ1v) is 10.8. The molecule has 3 aromatic heterocycles. The molecule has 0 unspecified atom stereocenters. The minimum Gasteiger partial charge on any atom is -0.354 e. The van der Waals surface area contributed by atoms with E-state index in [1.807, 2.05) is 42.9 Å². The maximum atomic E-state index is 4.58. The first-order chi connectivity index (χ1) is 15.7. The normalized spacial score (nSPS) is 14.5. The quantitative estimate of drug-likeness (QED) is 0.510. The van der Waals surface area contributed by atoms with Gasteiger partial charge in [0.2, 0.25) is 0 Å². The van der Waals surface area contributed by atoms with Crippen molar-refractivity contribution in [3.05, 3.63) is 85.3 Å². The van der Waals surface area contributed by atoms with Gasteiger partial charge in [0.1, 0.15) is 11.6 Å². The molecule has 0 spiro atoms. The minimum absolute atomic E-state index is 0.763. The monoisotopic (exact) mass is 422 g/mol. The summed E-state index contributed by atoms with van der Waals surface area (Å²) in [7, 11) is 2.16. The predicted octanol–water partition coefficient (Wildman–Crippen LogP) is 4.53. The Morgan fingerprint density at radius 2 is 1.75 bits per heavy atom. The highest BCUT2D eigenvalue weighted by Gasteiger charge is 2.16. The van der Waals surface area contributed by atoms with Gasteiger partial charge in [-0.05, 0) is 48.8 Å². The Morgan fingerprint density at radius 3 is 2.56 bits per heavy atom. The molecule has 4 heterocycles. The highest BCUT2D eigenvalue weighted by molar-refractivity contribution is 5.89. The van der Waals surface area contributed by atoms with Crippen LogP contribution in [0.1, 0.15) is 5.56 Å². The molecule has 0 bridgehead atoms. The molecule has 0 atom stereocenters. The van der Waals surface area contributed by atoms with E-state index in [0.29, 0.717) is 0 Å². The molecule has 6 nitrogen and oxygen atoms in total. The summed E-state index contributed by atoms with van der Waals surface area (Å²) in [6.07, 6.45) is 5.55. The molecular formula is C26H26N6. The van der Waals surface area contributed by atoms with Crippen molar-refractivity contribution in [2.45, 2.75) is 0 Å². The summed E-state index contributed by atoms with van der Waals surface area (Å²) >= 11 is 0. The molecule has 1 N–H and O–H groups in total. The number of nitrogens with one attached hydrogen (secondary N) is 1. The summed E-state index contributed by atoms with van der Waals surface area (Å²) in [6.45, 7) is 8.31. The molecule has 32 heavy (non-hydrogen) atoms. The average Bonchev–Trinajstić information content (AvgIpc) is 2.84. The number of aromatic nitrogens is 3. The summed E-state index contributed by atoms with van der Waals surface area (Å²) in [5.74, 6) is 1.75. The maximum Gasteiger partial charge on any atom is 0.130 e. The van der Waals surface area contributed by atoms with Crippen LogP contribution in [0.3, 0.4) is 0 Å². The van der Waals surface area contributed by atoms with Crippen molar-refractivity contribution in [2.75, 3.05) is 43.4 Å². The fourth-order valence-electron chi connectivity index (χ4n) is 3.94. The smallest absolute Gasteiger partial charge is 0.130 e. The van der Waals surface area contributed by atoms with Crippen LogP contribution in [-0.2, 0) is 0 Å². The van der Waals surface area contributed by atoms with Crippen LogP contribution in [0.5, 0.6) is 0 Å². The highest BCUT2D eigenvalue weighted by Crippen LogP contribution is 2.26. The van der Waals surface area contributed by atoms with Crippen LogP contribution in [0.25, 0.3) is 27.7 Å². The number of anilines is 2. The van der Waals surface area contributed by atoms with E-state index < -0.39 is 0 Å². The summed E-state index contributed by atoms with van der Waals surface area (Å²) in [5, 5.41) is 5.56. The lowest BCUT2D eigenvalue weighted by atomic mass is 10.1. The molecule has 160 valence electrons. The summed E-state index contributed by atoms with van der Waals surface area (Å²) in [4.78, 5) is 18.3. The van der Waals surface area contributed by atoms with Crippen molar-refractivity contribution < 1.29 is 0 Å². The van der Waals surface area contributed by atoms with E-state index in [4.69, 9.17) is 0 Å². The summed E-state index contributed by atoms with van der Waals surface area (Å²) < 4.78 is 0. The Labute approximate surface area is 188 Å². The van der Waals surface area contributed by atoms with Gasteiger partial charge in [0.15, 0.2) is 0 Å². The van der Waals surface area contributed by atoms with E-state index in [2.05, 4.69) is 74.0 Å². The molecular weight excluding hydrogens is 396 g/mol. The van der Waals surface area contributed by atoms with Crippen molar-refractivity contribution >= 4 is 28.1 Å². The third-order valence-corrected chi connectivity index (χ3v) is 5.88. The van der Waals surface area contributed by atoms with Gasteiger partial charge >= 0.3 is 0 Å². The summed E-state index contributed by atoms with van der Waals surface area (Å²) in [5.41, 5.74) is 3.85. The maximum absolute atomic E-state index is 4.58. The SMILES string of the molecule is C=C(Nc1cc2cc(-c3ccccn3)ccc2cn1)c1ccnc(N2CCN(C)CC2)c1. The molecule has 6 heteroatoms. The number of hydrogen-bond donors (Lipinski definition) is 1. The lowest BCUT2D eigenvalue weighted by Crippen LogP contribution is -2.44. The molecule has 1 aliphatic rings. The zero-order chi connectivity index (χ0) is 21.9. The number of piperazine rings is 1. The first-order valence-electron chi connectivity index (χ1n) is 10.8. The molecule has 1 saturated heterocycles. The Balaban J connectivity index is 1.36. The van der Waals surface area contributed by atoms with Crippen molar-refractivity contribution in [1.82, 2.24) is 19.9 Å². The van der Waals surface area contributed by atoms with Crippen molar-refractivity contribution in [2.24, 2.45) is 0 Å². The number of hydrogen-bond acceptors (Lipinski definition) is 6. The minimum atomic E-state index is 0.763. The van der Waals surface area contributed by atoms with E-state index in [-0.39, 0.29) is 0 Å². The molecule has 0 radical (unpaired) electrons. The van der Waals surface area contributed by atoms with Gasteiger partial charge in [0.25, 0.3) is 0 Å². The Bertz CT molecular complexity index is 1250. The molecule has 0 aliphatic carbocycles. The molecule has 0 saturated carbocycles. The Morgan fingerprint density at radius 1 is 0.875 bits per heavy atom. The Kier molecular flexibility index (Phi) is 5.52. The van der Waals surface area contributed by atoms with Gasteiger partial charge in [-0.15, -0.1) is 0 Å². The molecule has 0 amide bonds. The third-order valence-electron chi connectivity index (χ3n) is 5.88. The fraction of sp³-hybridized carbons (Fsp3) is 0.192. The van der Waals surface area contributed by atoms with Crippen LogP contribution < -0.4 is 10.2 Å². The second-order valence-electron chi connectivity index (χ2n) is 8.14. The van der Waals surface area contributed by atoms with Crippen molar-refractivity contribution in [3.63, 3.8) is 0 Å². The molecule has 1 fully saturated rings. The van der Waals surface area contributed by atoms with E-state index >= 15 is 0 Å². The predicted molar refractivity (Wildman–Crippen MR) is 132 cm³/mol. The number of nitrogens with zero attached hydrogens (tertiary/aromatic N) is 5. The highest BCUT2D eigenvalue weighted by atomic mass is 15.3. The van der Waals surface area contributed by atoms with E-state index in [1.165, 1.54) is 0 Å². The summed E-state index contributed by atoms with van der Waals surface area (Å²) in [6, 6.07) is 18.4. The van der Waals surface area contributed by atoms with E-state index in [9.17, 15) is 0 Å². The van der Waals surface area contributed by atoms with Crippen LogP contribution >= 0.6 is 0 Å².